The highest BCUT2D eigenvalue weighted by Gasteiger charge is 2.41. The van der Waals surface area contributed by atoms with Crippen molar-refractivity contribution in [2.24, 2.45) is 0 Å². The van der Waals surface area contributed by atoms with Crippen molar-refractivity contribution < 1.29 is 17.0 Å². The van der Waals surface area contributed by atoms with Gasteiger partial charge in [-0.15, -0.1) is 0 Å². The highest BCUT2D eigenvalue weighted by Crippen LogP contribution is 2.45. The Bertz CT molecular complexity index is 3260. The second-order valence-electron chi connectivity index (χ2n) is 17.2. The molecule has 0 bridgehead atoms. The molecule has 0 saturated heterocycles. The molecule has 0 N–H and O–H groups in total. The first-order valence-corrected chi connectivity index (χ1v) is 19.6. The highest BCUT2D eigenvalue weighted by molar-refractivity contribution is 6.09. The Morgan fingerprint density at radius 1 is 0.593 bits per heavy atom. The predicted octanol–water partition coefficient (Wildman–Crippen LogP) is 13.4. The molecule has 292 valence electrons. The minimum absolute atomic E-state index is 0.0856. The summed E-state index contributed by atoms with van der Waals surface area (Å²) in [5.41, 5.74) is 4.30. The molecule has 5 aromatic carbocycles. The van der Waals surface area contributed by atoms with Gasteiger partial charge in [-0.05, 0) is 97.9 Å². The van der Waals surface area contributed by atoms with E-state index in [0.717, 1.165) is 21.9 Å². The summed E-state index contributed by atoms with van der Waals surface area (Å²) in [4.78, 5) is 9.12. The standard InChI is InChI=1S/C52H47F2N5/c1-33-14-13-15-34(2)49(33)42-16-9-10-17-43(42)58-32-57(44-18-11-12-19-45(44)58)39-27-37(51(6,7)8)26-38(28-39)52(53,54)36-20-21-40-41-23-24-55-31-47(41)59(46(40)29-36)48-30-35(22-25-56-48)50(3,4)5/h9-31H,1-8H3/q+2/i1D3,2D3. The van der Waals surface area contributed by atoms with Gasteiger partial charge >= 0.3 is 6.01 Å². The van der Waals surface area contributed by atoms with Crippen LogP contribution >= 0.6 is 0 Å². The second-order valence-corrected chi connectivity index (χ2v) is 17.2. The quantitative estimate of drug-likeness (QED) is 0.157. The number of aromatic nitrogens is 3. The Morgan fingerprint density at radius 2 is 1.25 bits per heavy atom. The van der Waals surface area contributed by atoms with E-state index in [1.807, 2.05) is 73.9 Å². The number of halogens is 2. The minimum atomic E-state index is -3.49. The van der Waals surface area contributed by atoms with Crippen molar-refractivity contribution in [2.75, 3.05) is 0 Å². The lowest BCUT2D eigenvalue weighted by molar-refractivity contribution is 0.0428. The van der Waals surface area contributed by atoms with Gasteiger partial charge < -0.3 is 0 Å². The zero-order chi connectivity index (χ0) is 46.4. The van der Waals surface area contributed by atoms with Crippen molar-refractivity contribution in [2.45, 2.75) is 72.0 Å². The lowest BCUT2D eigenvalue weighted by atomic mass is 9.84. The number of para-hydroxylation sites is 3. The normalized spacial score (nSPS) is 15.1. The fourth-order valence-corrected chi connectivity index (χ4v) is 7.99. The smallest absolute Gasteiger partial charge is 0.292 e. The van der Waals surface area contributed by atoms with Gasteiger partial charge in [0.2, 0.25) is 11.4 Å². The Hall–Kier alpha value is -6.56. The van der Waals surface area contributed by atoms with Crippen molar-refractivity contribution >= 4 is 50.6 Å². The molecule has 7 heteroatoms. The van der Waals surface area contributed by atoms with Gasteiger partial charge in [0.1, 0.15) is 5.82 Å². The average Bonchev–Trinajstić information content (AvgIpc) is 3.81. The first-order valence-electron chi connectivity index (χ1n) is 22.6. The van der Waals surface area contributed by atoms with Gasteiger partial charge in [0.25, 0.3) is 17.3 Å². The van der Waals surface area contributed by atoms with Gasteiger partial charge in [-0.1, -0.05) is 96.1 Å². The molecule has 1 aliphatic rings. The third kappa shape index (κ3) is 6.47. The number of rotatable bonds is 6. The molecular formula is C52H47F2N5+2. The fourth-order valence-electron chi connectivity index (χ4n) is 7.99. The largest absolute Gasteiger partial charge is 0.503 e. The maximum absolute atomic E-state index is 17.6. The number of fused-ring (bicyclic) bond motifs is 4. The molecule has 1 aliphatic heterocycles. The average molecular weight is 786 g/mol. The molecular weight excluding hydrogens is 733 g/mol. The van der Waals surface area contributed by atoms with Gasteiger partial charge in [0, 0.05) is 72.8 Å². The fraction of sp³-hybridized carbons (Fsp3) is 0.212. The van der Waals surface area contributed by atoms with Crippen LogP contribution < -0.4 is 9.15 Å². The number of hydrogen-bond acceptors (Lipinski definition) is 2. The number of aryl methyl sites for hydroxylation is 2. The van der Waals surface area contributed by atoms with E-state index < -0.39 is 25.0 Å². The molecule has 0 saturated carbocycles. The zero-order valence-electron chi connectivity index (χ0n) is 39.8. The summed E-state index contributed by atoms with van der Waals surface area (Å²) in [6, 6.07) is 37.7. The van der Waals surface area contributed by atoms with Crippen LogP contribution in [0.15, 0.2) is 140 Å². The van der Waals surface area contributed by atoms with E-state index in [0.29, 0.717) is 45.2 Å². The Labute approximate surface area is 352 Å². The molecule has 0 fully saturated rings. The lowest BCUT2D eigenvalue weighted by Gasteiger charge is -2.23. The summed E-state index contributed by atoms with van der Waals surface area (Å²) < 4.78 is 91.0. The van der Waals surface area contributed by atoms with Crippen LogP contribution in [0.2, 0.25) is 0 Å². The summed E-state index contributed by atoms with van der Waals surface area (Å²) in [6.07, 6.45) is 5.18. The van der Waals surface area contributed by atoms with Crippen LogP contribution in [0, 0.1) is 13.7 Å². The number of hydrogen-bond donors (Lipinski definition) is 0. The van der Waals surface area contributed by atoms with E-state index in [2.05, 4.69) is 31.8 Å². The molecule has 0 aliphatic carbocycles. The topological polar surface area (TPSA) is 36.7 Å². The van der Waals surface area contributed by atoms with Crippen LogP contribution in [0.4, 0.5) is 31.5 Å². The highest BCUT2D eigenvalue weighted by atomic mass is 19.3. The van der Waals surface area contributed by atoms with Crippen LogP contribution in [0.1, 0.15) is 83.1 Å². The Morgan fingerprint density at radius 3 is 1.97 bits per heavy atom. The molecule has 5 nitrogen and oxygen atoms in total. The molecule has 3 aromatic heterocycles. The number of benzene rings is 5. The van der Waals surface area contributed by atoms with Gasteiger partial charge in [-0.25, -0.2) is 4.98 Å². The third-order valence-corrected chi connectivity index (χ3v) is 11.2. The SMILES string of the molecule is [2H]C([2H])([2H])c1cccc(C([2H])([2H])[2H])c1-c1ccccc1[N+]1=C=[N+](c2cc(C(C)(C)C)cc(C(F)(F)c3ccc4c5ccncc5n(-c5cc(C(C)(C)C)ccn5)c4c3)c2)c2ccccc21. The van der Waals surface area contributed by atoms with E-state index in [9.17, 15) is 0 Å². The van der Waals surface area contributed by atoms with Crippen molar-refractivity contribution in [1.82, 2.24) is 23.7 Å². The van der Waals surface area contributed by atoms with E-state index in [4.69, 9.17) is 13.2 Å². The molecule has 8 aromatic rings. The van der Waals surface area contributed by atoms with Crippen molar-refractivity contribution in [3.63, 3.8) is 0 Å². The first kappa shape index (κ1) is 31.4. The molecule has 0 spiro atoms. The van der Waals surface area contributed by atoms with Gasteiger partial charge in [-0.3, -0.25) is 9.55 Å². The minimum Gasteiger partial charge on any atom is -0.292 e. The number of pyridine rings is 2. The summed E-state index contributed by atoms with van der Waals surface area (Å²) in [5.74, 6) is -2.88. The van der Waals surface area contributed by atoms with Crippen LogP contribution in [0.3, 0.4) is 0 Å². The van der Waals surface area contributed by atoms with E-state index in [1.165, 1.54) is 30.3 Å². The van der Waals surface area contributed by atoms with Crippen LogP contribution in [0.25, 0.3) is 38.8 Å². The molecule has 59 heavy (non-hydrogen) atoms. The number of alkyl halides is 2. The second kappa shape index (κ2) is 13.8. The third-order valence-electron chi connectivity index (χ3n) is 11.2. The molecule has 0 amide bonds. The van der Waals surface area contributed by atoms with Crippen LogP contribution in [0.5, 0.6) is 0 Å². The van der Waals surface area contributed by atoms with Crippen molar-refractivity contribution in [3.05, 3.63) is 173 Å². The molecule has 0 unspecified atom stereocenters. The predicted molar refractivity (Wildman–Crippen MR) is 239 cm³/mol. The van der Waals surface area contributed by atoms with Crippen LogP contribution in [-0.4, -0.2) is 20.5 Å². The molecule has 0 atom stereocenters. The van der Waals surface area contributed by atoms with E-state index >= 15 is 8.78 Å². The summed E-state index contributed by atoms with van der Waals surface area (Å²) in [6.45, 7) is 7.02. The van der Waals surface area contributed by atoms with Gasteiger partial charge in [-0.2, -0.15) is 8.78 Å². The maximum Gasteiger partial charge on any atom is 0.503 e. The summed E-state index contributed by atoms with van der Waals surface area (Å²) in [5, 5.41) is 1.66. The molecule has 0 radical (unpaired) electrons. The monoisotopic (exact) mass is 785 g/mol. The van der Waals surface area contributed by atoms with Crippen molar-refractivity contribution in [1.29, 1.82) is 0 Å². The summed E-state index contributed by atoms with van der Waals surface area (Å²) >= 11 is 0. The molecule has 9 rings (SSSR count). The van der Waals surface area contributed by atoms with Gasteiger partial charge in [0.15, 0.2) is 0 Å². The van der Waals surface area contributed by atoms with Crippen molar-refractivity contribution in [3.8, 4) is 16.9 Å². The summed E-state index contributed by atoms with van der Waals surface area (Å²) in [7, 11) is 0. The lowest BCUT2D eigenvalue weighted by Crippen LogP contribution is -2.19. The van der Waals surface area contributed by atoms with Crippen LogP contribution in [-0.2, 0) is 16.8 Å². The first-order chi connectivity index (χ1) is 30.5. The molecule has 4 heterocycles. The van der Waals surface area contributed by atoms with E-state index in [-0.39, 0.29) is 33.2 Å². The zero-order valence-corrected chi connectivity index (χ0v) is 33.8. The number of nitrogens with zero attached hydrogens (tertiary/aromatic N) is 5. The maximum atomic E-state index is 17.6. The van der Waals surface area contributed by atoms with E-state index in [1.54, 1.807) is 70.2 Å². The Balaban J connectivity index is 1.25. The Kier molecular flexibility index (Phi) is 7.34. The van der Waals surface area contributed by atoms with Gasteiger partial charge in [0.05, 0.1) is 22.8 Å².